The number of hydrogen-bond donors (Lipinski definition) is 0. The van der Waals surface area contributed by atoms with Crippen molar-refractivity contribution < 1.29 is 9.59 Å². The Balaban J connectivity index is 2.98. The van der Waals surface area contributed by atoms with E-state index in [-0.39, 0.29) is 5.78 Å². The quantitative estimate of drug-likeness (QED) is 0.432. The molecule has 2 nitrogen and oxygen atoms in total. The van der Waals surface area contributed by atoms with Gasteiger partial charge in [0.05, 0.1) is 5.41 Å². The van der Waals surface area contributed by atoms with Crippen LogP contribution in [0.15, 0.2) is 30.3 Å². The molecule has 0 bridgehead atoms. The second-order valence-electron chi connectivity index (χ2n) is 4.83. The van der Waals surface area contributed by atoms with E-state index in [1.165, 1.54) is 0 Å². The first-order chi connectivity index (χ1) is 7.49. The molecular formula is C14H18O2. The van der Waals surface area contributed by atoms with Crippen molar-refractivity contribution in [2.24, 2.45) is 11.3 Å². The maximum atomic E-state index is 12.2. The van der Waals surface area contributed by atoms with E-state index in [1.807, 2.05) is 32.0 Å². The average Bonchev–Trinajstić information content (AvgIpc) is 2.28. The predicted octanol–water partition coefficient (Wildman–Crippen LogP) is 3.12. The molecule has 0 aliphatic heterocycles. The maximum Gasteiger partial charge on any atom is 0.175 e. The maximum absolute atomic E-state index is 12.2. The Bertz CT molecular complexity index is 368. The number of ketones is 1. The number of aldehydes is 1. The molecule has 2 heteroatoms. The second-order valence-corrected chi connectivity index (χ2v) is 4.83. The zero-order chi connectivity index (χ0) is 12.2. The fourth-order valence-corrected chi connectivity index (χ4v) is 1.96. The summed E-state index contributed by atoms with van der Waals surface area (Å²) in [5.41, 5.74) is -0.284. The van der Waals surface area contributed by atoms with E-state index in [4.69, 9.17) is 0 Å². The number of benzene rings is 1. The Labute approximate surface area is 96.7 Å². The van der Waals surface area contributed by atoms with Gasteiger partial charge in [0.15, 0.2) is 5.78 Å². The van der Waals surface area contributed by atoms with E-state index in [1.54, 1.807) is 19.1 Å². The van der Waals surface area contributed by atoms with Crippen molar-refractivity contribution >= 4 is 12.1 Å². The average molecular weight is 218 g/mol. The molecule has 16 heavy (non-hydrogen) atoms. The molecule has 0 aromatic heterocycles. The Morgan fingerprint density at radius 3 is 2.31 bits per heavy atom. The number of Topliss-reactive ketones (excluding diaryl/α,β-unsaturated/α-hetero) is 1. The molecule has 0 heterocycles. The minimum atomic E-state index is -0.893. The van der Waals surface area contributed by atoms with Crippen LogP contribution in [0.4, 0.5) is 0 Å². The van der Waals surface area contributed by atoms with Crippen LogP contribution in [0.3, 0.4) is 0 Å². The lowest BCUT2D eigenvalue weighted by atomic mass is 9.77. The molecule has 1 atom stereocenters. The molecular weight excluding hydrogens is 200 g/mol. The summed E-state index contributed by atoms with van der Waals surface area (Å²) in [6.07, 6.45) is 1.37. The summed E-state index contributed by atoms with van der Waals surface area (Å²) >= 11 is 0. The molecule has 1 aromatic carbocycles. The van der Waals surface area contributed by atoms with Crippen molar-refractivity contribution in [3.8, 4) is 0 Å². The minimum Gasteiger partial charge on any atom is -0.302 e. The van der Waals surface area contributed by atoms with Gasteiger partial charge in [-0.1, -0.05) is 44.2 Å². The third-order valence-electron chi connectivity index (χ3n) is 2.65. The Hall–Kier alpha value is -1.44. The first kappa shape index (κ1) is 12.6. The van der Waals surface area contributed by atoms with E-state index in [0.29, 0.717) is 17.9 Å². The molecule has 0 radical (unpaired) electrons. The third kappa shape index (κ3) is 2.78. The van der Waals surface area contributed by atoms with Crippen LogP contribution in [0.1, 0.15) is 37.6 Å². The molecule has 0 N–H and O–H groups in total. The van der Waals surface area contributed by atoms with Crippen molar-refractivity contribution in [3.05, 3.63) is 35.9 Å². The van der Waals surface area contributed by atoms with Crippen LogP contribution in [-0.2, 0) is 4.79 Å². The van der Waals surface area contributed by atoms with Crippen molar-refractivity contribution in [1.29, 1.82) is 0 Å². The molecule has 0 saturated heterocycles. The number of hydrogen-bond acceptors (Lipinski definition) is 2. The fourth-order valence-electron chi connectivity index (χ4n) is 1.96. The van der Waals surface area contributed by atoms with Crippen LogP contribution in [0.25, 0.3) is 0 Å². The Morgan fingerprint density at radius 1 is 1.31 bits per heavy atom. The molecule has 1 rings (SSSR count). The van der Waals surface area contributed by atoms with E-state index in [2.05, 4.69) is 0 Å². The van der Waals surface area contributed by atoms with Gasteiger partial charge in [0.25, 0.3) is 0 Å². The third-order valence-corrected chi connectivity index (χ3v) is 2.65. The smallest absolute Gasteiger partial charge is 0.175 e. The van der Waals surface area contributed by atoms with Crippen molar-refractivity contribution in [2.75, 3.05) is 0 Å². The van der Waals surface area contributed by atoms with Crippen LogP contribution >= 0.6 is 0 Å². The normalized spacial score (nSPS) is 14.5. The summed E-state index contributed by atoms with van der Waals surface area (Å²) in [4.78, 5) is 23.4. The van der Waals surface area contributed by atoms with Crippen LogP contribution in [0.5, 0.6) is 0 Å². The monoisotopic (exact) mass is 218 g/mol. The summed E-state index contributed by atoms with van der Waals surface area (Å²) in [6.45, 7) is 5.75. The molecule has 1 unspecified atom stereocenters. The van der Waals surface area contributed by atoms with Crippen molar-refractivity contribution in [3.63, 3.8) is 0 Å². The van der Waals surface area contributed by atoms with Gasteiger partial charge in [0.2, 0.25) is 0 Å². The summed E-state index contributed by atoms with van der Waals surface area (Å²) in [6, 6.07) is 8.99. The summed E-state index contributed by atoms with van der Waals surface area (Å²) < 4.78 is 0. The highest BCUT2D eigenvalue weighted by Crippen LogP contribution is 2.28. The van der Waals surface area contributed by atoms with Crippen LogP contribution in [0, 0.1) is 11.3 Å². The van der Waals surface area contributed by atoms with E-state index in [9.17, 15) is 9.59 Å². The lowest BCUT2D eigenvalue weighted by Gasteiger charge is -2.23. The van der Waals surface area contributed by atoms with E-state index < -0.39 is 5.41 Å². The molecule has 0 aliphatic rings. The molecule has 0 saturated carbocycles. The minimum absolute atomic E-state index is 0.0863. The lowest BCUT2D eigenvalue weighted by molar-refractivity contribution is -0.114. The van der Waals surface area contributed by atoms with E-state index in [0.717, 1.165) is 6.29 Å². The van der Waals surface area contributed by atoms with E-state index >= 15 is 0 Å². The Kier molecular flexibility index (Phi) is 3.99. The highest BCUT2D eigenvalue weighted by atomic mass is 16.1. The van der Waals surface area contributed by atoms with Crippen molar-refractivity contribution in [1.82, 2.24) is 0 Å². The molecule has 0 aliphatic carbocycles. The molecule has 0 spiro atoms. The molecule has 0 fully saturated rings. The predicted molar refractivity (Wildman–Crippen MR) is 64.4 cm³/mol. The highest BCUT2D eigenvalue weighted by molar-refractivity contribution is 6.08. The topological polar surface area (TPSA) is 34.1 Å². The Morgan fingerprint density at radius 2 is 1.88 bits per heavy atom. The number of carbonyl (C=O) groups excluding carboxylic acids is 2. The second kappa shape index (κ2) is 5.06. The van der Waals surface area contributed by atoms with Gasteiger partial charge in [0, 0.05) is 5.56 Å². The highest BCUT2D eigenvalue weighted by Gasteiger charge is 2.34. The van der Waals surface area contributed by atoms with Gasteiger partial charge in [-0.2, -0.15) is 0 Å². The summed E-state index contributed by atoms with van der Waals surface area (Å²) in [5.74, 6) is 0.236. The molecule has 0 amide bonds. The first-order valence-electron chi connectivity index (χ1n) is 5.56. The fraction of sp³-hybridized carbons (Fsp3) is 0.429. The lowest BCUT2D eigenvalue weighted by Crippen LogP contribution is -2.31. The number of carbonyl (C=O) groups is 2. The van der Waals surface area contributed by atoms with Gasteiger partial charge in [0.1, 0.15) is 6.29 Å². The first-order valence-corrected chi connectivity index (χ1v) is 5.56. The molecule has 1 aromatic rings. The SMILES string of the molecule is CC(C)CC(C)(C=O)C(=O)c1ccccc1. The van der Waals surface area contributed by atoms with Gasteiger partial charge in [-0.25, -0.2) is 0 Å². The number of rotatable bonds is 5. The van der Waals surface area contributed by atoms with Crippen LogP contribution in [0.2, 0.25) is 0 Å². The summed E-state index contributed by atoms with van der Waals surface area (Å²) in [5, 5.41) is 0. The van der Waals surface area contributed by atoms with Gasteiger partial charge in [-0.05, 0) is 19.3 Å². The van der Waals surface area contributed by atoms with Crippen LogP contribution < -0.4 is 0 Å². The zero-order valence-electron chi connectivity index (χ0n) is 10.1. The standard InChI is InChI=1S/C14H18O2/c1-11(2)9-14(3,10-15)13(16)12-7-5-4-6-8-12/h4-8,10-11H,9H2,1-3H3. The largest absolute Gasteiger partial charge is 0.302 e. The van der Waals surface area contributed by atoms with Gasteiger partial charge < -0.3 is 4.79 Å². The van der Waals surface area contributed by atoms with Crippen molar-refractivity contribution in [2.45, 2.75) is 27.2 Å². The van der Waals surface area contributed by atoms with Gasteiger partial charge >= 0.3 is 0 Å². The van der Waals surface area contributed by atoms with Gasteiger partial charge in [-0.3, -0.25) is 4.79 Å². The van der Waals surface area contributed by atoms with Gasteiger partial charge in [-0.15, -0.1) is 0 Å². The summed E-state index contributed by atoms with van der Waals surface area (Å²) in [7, 11) is 0. The van der Waals surface area contributed by atoms with Crippen LogP contribution in [-0.4, -0.2) is 12.1 Å². The zero-order valence-corrected chi connectivity index (χ0v) is 10.1. The molecule has 86 valence electrons.